The van der Waals surface area contributed by atoms with E-state index in [4.69, 9.17) is 4.42 Å². The van der Waals surface area contributed by atoms with Crippen molar-refractivity contribution in [2.45, 2.75) is 5.41 Å². The van der Waals surface area contributed by atoms with E-state index in [9.17, 15) is 4.79 Å². The zero-order valence-electron chi connectivity index (χ0n) is 25.4. The SMILES string of the molecule is O=c1c2ccccc2oc2cc3c(cc12)-c1ccccc1C31c2ccccc2N(c2cccc(-c3ccccc3)c2)c2ccccc21. The molecule has 3 heteroatoms. The third kappa shape index (κ3) is 3.48. The fraction of sp³-hybridized carbons (Fsp3) is 0.0227. The van der Waals surface area contributed by atoms with Gasteiger partial charge in [0, 0.05) is 5.69 Å². The summed E-state index contributed by atoms with van der Waals surface area (Å²) in [6.07, 6.45) is 0. The molecule has 0 amide bonds. The number of benzene rings is 7. The molecule has 0 fully saturated rings. The Morgan fingerprint density at radius 3 is 1.87 bits per heavy atom. The zero-order valence-corrected chi connectivity index (χ0v) is 25.4. The largest absolute Gasteiger partial charge is 0.456 e. The summed E-state index contributed by atoms with van der Waals surface area (Å²) in [5.74, 6) is 0. The van der Waals surface area contributed by atoms with Crippen molar-refractivity contribution >= 4 is 39.0 Å². The molecule has 0 atom stereocenters. The molecule has 47 heavy (non-hydrogen) atoms. The predicted octanol–water partition coefficient (Wildman–Crippen LogP) is 10.8. The van der Waals surface area contributed by atoms with Gasteiger partial charge in [0.25, 0.3) is 0 Å². The normalized spacial score (nSPS) is 13.7. The van der Waals surface area contributed by atoms with Crippen LogP contribution in [0.3, 0.4) is 0 Å². The molecular formula is C44H27NO2. The Hall–Kier alpha value is -6.19. The molecule has 10 rings (SSSR count). The van der Waals surface area contributed by atoms with Gasteiger partial charge in [-0.05, 0) is 93.0 Å². The Morgan fingerprint density at radius 2 is 1.09 bits per heavy atom. The van der Waals surface area contributed by atoms with Gasteiger partial charge in [-0.1, -0.05) is 115 Å². The lowest BCUT2D eigenvalue weighted by Crippen LogP contribution is -2.36. The minimum absolute atomic E-state index is 0.00278. The van der Waals surface area contributed by atoms with Gasteiger partial charge in [0.2, 0.25) is 5.43 Å². The Kier molecular flexibility index (Phi) is 5.35. The third-order valence-corrected chi connectivity index (χ3v) is 10.1. The first-order valence-electron chi connectivity index (χ1n) is 16.0. The zero-order chi connectivity index (χ0) is 31.1. The van der Waals surface area contributed by atoms with E-state index in [0.717, 1.165) is 33.8 Å². The summed E-state index contributed by atoms with van der Waals surface area (Å²) in [6.45, 7) is 0. The molecule has 0 radical (unpaired) electrons. The average molecular weight is 602 g/mol. The molecule has 1 aliphatic heterocycles. The summed E-state index contributed by atoms with van der Waals surface area (Å²) in [6, 6.07) is 57.3. The van der Waals surface area contributed by atoms with Gasteiger partial charge in [0.1, 0.15) is 11.2 Å². The molecule has 0 unspecified atom stereocenters. The van der Waals surface area contributed by atoms with Crippen molar-refractivity contribution in [1.82, 2.24) is 0 Å². The third-order valence-electron chi connectivity index (χ3n) is 10.1. The van der Waals surface area contributed by atoms with Crippen LogP contribution in [0.2, 0.25) is 0 Å². The van der Waals surface area contributed by atoms with E-state index in [2.05, 4.69) is 144 Å². The first-order chi connectivity index (χ1) is 23.2. The second-order valence-electron chi connectivity index (χ2n) is 12.4. The van der Waals surface area contributed by atoms with Crippen LogP contribution >= 0.6 is 0 Å². The molecule has 2 aliphatic rings. The molecule has 1 spiro atoms. The molecule has 3 nitrogen and oxygen atoms in total. The maximum absolute atomic E-state index is 13.8. The number of para-hydroxylation sites is 3. The smallest absolute Gasteiger partial charge is 0.200 e. The standard InChI is InChI=1S/C44H27NO2/c46-43-32-18-5-11-24-41(32)47-42-27-38-33(26-34(42)43)31-17-4-6-19-35(31)44(38)36-20-7-9-22-39(36)45(40-23-10-8-21-37(40)44)30-16-12-15-29(25-30)28-13-2-1-3-14-28/h1-27H. The topological polar surface area (TPSA) is 33.5 Å². The lowest BCUT2D eigenvalue weighted by molar-refractivity contribution is 0.657. The highest BCUT2D eigenvalue weighted by Gasteiger charge is 2.51. The van der Waals surface area contributed by atoms with Gasteiger partial charge in [-0.15, -0.1) is 0 Å². The van der Waals surface area contributed by atoms with Crippen molar-refractivity contribution in [3.05, 3.63) is 196 Å². The first kappa shape index (κ1) is 26.1. The van der Waals surface area contributed by atoms with E-state index >= 15 is 0 Å². The number of anilines is 3. The monoisotopic (exact) mass is 601 g/mol. The Labute approximate surface area is 271 Å². The second-order valence-corrected chi connectivity index (χ2v) is 12.4. The quantitative estimate of drug-likeness (QED) is 0.185. The summed E-state index contributed by atoms with van der Waals surface area (Å²) in [5.41, 5.74) is 13.2. The van der Waals surface area contributed by atoms with E-state index in [-0.39, 0.29) is 5.43 Å². The van der Waals surface area contributed by atoms with Crippen molar-refractivity contribution in [2.24, 2.45) is 0 Å². The molecule has 8 aromatic rings. The van der Waals surface area contributed by atoms with Crippen molar-refractivity contribution in [3.63, 3.8) is 0 Å². The molecule has 1 aliphatic carbocycles. The Morgan fingerprint density at radius 1 is 0.447 bits per heavy atom. The van der Waals surface area contributed by atoms with E-state index in [1.54, 1.807) is 0 Å². The summed E-state index contributed by atoms with van der Waals surface area (Å²) in [5, 5.41) is 1.20. The highest BCUT2D eigenvalue weighted by Crippen LogP contribution is 2.63. The number of nitrogens with zero attached hydrogens (tertiary/aromatic N) is 1. The number of hydrogen-bond donors (Lipinski definition) is 0. The maximum atomic E-state index is 13.8. The Bertz CT molecular complexity index is 2570. The molecule has 2 heterocycles. The van der Waals surface area contributed by atoms with Crippen LogP contribution in [-0.4, -0.2) is 0 Å². The van der Waals surface area contributed by atoms with Gasteiger partial charge >= 0.3 is 0 Å². The summed E-state index contributed by atoms with van der Waals surface area (Å²) in [4.78, 5) is 16.2. The molecule has 0 saturated heterocycles. The lowest BCUT2D eigenvalue weighted by Gasteiger charge is -2.45. The van der Waals surface area contributed by atoms with Crippen molar-refractivity contribution in [3.8, 4) is 22.3 Å². The van der Waals surface area contributed by atoms with Crippen LogP contribution < -0.4 is 10.3 Å². The molecule has 7 aromatic carbocycles. The molecule has 0 N–H and O–H groups in total. The van der Waals surface area contributed by atoms with Crippen molar-refractivity contribution < 1.29 is 4.42 Å². The lowest BCUT2D eigenvalue weighted by atomic mass is 9.64. The van der Waals surface area contributed by atoms with Crippen LogP contribution in [-0.2, 0) is 5.41 Å². The fourth-order valence-electron chi connectivity index (χ4n) is 8.13. The van der Waals surface area contributed by atoms with Crippen LogP contribution in [0.1, 0.15) is 22.3 Å². The average Bonchev–Trinajstić information content (AvgIpc) is 3.41. The minimum Gasteiger partial charge on any atom is -0.456 e. The first-order valence-corrected chi connectivity index (χ1v) is 16.0. The van der Waals surface area contributed by atoms with Gasteiger partial charge in [-0.25, -0.2) is 0 Å². The van der Waals surface area contributed by atoms with Crippen LogP contribution in [0.15, 0.2) is 173 Å². The Balaban J connectivity index is 1.30. The summed E-state index contributed by atoms with van der Waals surface area (Å²) < 4.78 is 6.50. The molecular weight excluding hydrogens is 574 g/mol. The van der Waals surface area contributed by atoms with E-state index in [1.807, 2.05) is 24.3 Å². The highest BCUT2D eigenvalue weighted by atomic mass is 16.3. The van der Waals surface area contributed by atoms with Crippen molar-refractivity contribution in [2.75, 3.05) is 4.90 Å². The van der Waals surface area contributed by atoms with Crippen LogP contribution in [0.25, 0.3) is 44.2 Å². The minimum atomic E-state index is -0.620. The number of rotatable bonds is 2. The number of fused-ring (bicyclic) bond motifs is 11. The van der Waals surface area contributed by atoms with Gasteiger partial charge < -0.3 is 9.32 Å². The summed E-state index contributed by atoms with van der Waals surface area (Å²) in [7, 11) is 0. The molecule has 220 valence electrons. The molecule has 0 bridgehead atoms. The van der Waals surface area contributed by atoms with Gasteiger partial charge in [0.05, 0.1) is 27.6 Å². The van der Waals surface area contributed by atoms with Gasteiger partial charge in [-0.3, -0.25) is 4.79 Å². The van der Waals surface area contributed by atoms with Gasteiger partial charge in [0.15, 0.2) is 0 Å². The van der Waals surface area contributed by atoms with Crippen LogP contribution in [0.4, 0.5) is 17.1 Å². The highest BCUT2D eigenvalue weighted by molar-refractivity contribution is 6.00. The molecule has 0 saturated carbocycles. The van der Waals surface area contributed by atoms with E-state index in [0.29, 0.717) is 21.9 Å². The van der Waals surface area contributed by atoms with Crippen LogP contribution in [0, 0.1) is 0 Å². The molecule has 1 aromatic heterocycles. The second kappa shape index (κ2) is 9.65. The maximum Gasteiger partial charge on any atom is 0.200 e. The van der Waals surface area contributed by atoms with Gasteiger partial charge in [-0.2, -0.15) is 0 Å². The summed E-state index contributed by atoms with van der Waals surface area (Å²) >= 11 is 0. The van der Waals surface area contributed by atoms with Crippen molar-refractivity contribution in [1.29, 1.82) is 0 Å². The predicted molar refractivity (Wildman–Crippen MR) is 191 cm³/mol. The van der Waals surface area contributed by atoms with E-state index in [1.165, 1.54) is 27.8 Å². The van der Waals surface area contributed by atoms with Crippen LogP contribution in [0.5, 0.6) is 0 Å². The number of hydrogen-bond acceptors (Lipinski definition) is 3. The van der Waals surface area contributed by atoms with E-state index < -0.39 is 5.41 Å². The fourth-order valence-corrected chi connectivity index (χ4v) is 8.13.